The Hall–Kier alpha value is -1.35. The van der Waals surface area contributed by atoms with Gasteiger partial charge < -0.3 is 5.32 Å². The summed E-state index contributed by atoms with van der Waals surface area (Å²) in [6, 6.07) is 6.65. The van der Waals surface area contributed by atoms with Gasteiger partial charge in [-0.05, 0) is 35.6 Å². The molecule has 0 bridgehead atoms. The van der Waals surface area contributed by atoms with E-state index in [-0.39, 0.29) is 5.82 Å². The Kier molecular flexibility index (Phi) is 3.02. The average molecular weight is 221 g/mol. The maximum atomic E-state index is 12.9. The molecule has 1 aromatic heterocycles. The van der Waals surface area contributed by atoms with Crippen LogP contribution in [0.1, 0.15) is 11.1 Å². The van der Waals surface area contributed by atoms with E-state index >= 15 is 0 Å². The van der Waals surface area contributed by atoms with Gasteiger partial charge in [0.25, 0.3) is 0 Å². The second-order valence-corrected chi connectivity index (χ2v) is 4.20. The van der Waals surface area contributed by atoms with Crippen LogP contribution >= 0.6 is 11.3 Å². The molecule has 0 amide bonds. The Bertz CT molecular complexity index is 450. The van der Waals surface area contributed by atoms with E-state index in [4.69, 9.17) is 0 Å². The standard InChI is InChI=1S/C12H12FNS/c1-9-7-15-8-12(9)14-6-10-3-2-4-11(13)5-10/h2-5,7-8,14H,6H2,1H3. The first-order chi connectivity index (χ1) is 7.25. The van der Waals surface area contributed by atoms with Crippen molar-refractivity contribution in [2.75, 3.05) is 5.32 Å². The zero-order valence-corrected chi connectivity index (χ0v) is 9.27. The molecular weight excluding hydrogens is 209 g/mol. The van der Waals surface area contributed by atoms with Crippen molar-refractivity contribution in [2.24, 2.45) is 0 Å². The van der Waals surface area contributed by atoms with Gasteiger partial charge in [-0.15, -0.1) is 11.3 Å². The lowest BCUT2D eigenvalue weighted by Crippen LogP contribution is -1.99. The smallest absolute Gasteiger partial charge is 0.123 e. The Labute approximate surface area is 92.6 Å². The van der Waals surface area contributed by atoms with Gasteiger partial charge in [-0.2, -0.15) is 0 Å². The monoisotopic (exact) mass is 221 g/mol. The van der Waals surface area contributed by atoms with Crippen LogP contribution in [-0.4, -0.2) is 0 Å². The topological polar surface area (TPSA) is 12.0 Å². The molecule has 1 aromatic carbocycles. The number of nitrogens with one attached hydrogen (secondary N) is 1. The van der Waals surface area contributed by atoms with Gasteiger partial charge in [-0.1, -0.05) is 12.1 Å². The van der Waals surface area contributed by atoms with Crippen LogP contribution in [0.4, 0.5) is 10.1 Å². The van der Waals surface area contributed by atoms with Crippen molar-refractivity contribution >= 4 is 17.0 Å². The van der Waals surface area contributed by atoms with Crippen LogP contribution < -0.4 is 5.32 Å². The van der Waals surface area contributed by atoms with Gasteiger partial charge in [0, 0.05) is 17.6 Å². The largest absolute Gasteiger partial charge is 0.380 e. The molecule has 15 heavy (non-hydrogen) atoms. The van der Waals surface area contributed by atoms with Crippen molar-refractivity contribution in [3.8, 4) is 0 Å². The van der Waals surface area contributed by atoms with Gasteiger partial charge in [-0.3, -0.25) is 0 Å². The Morgan fingerprint density at radius 3 is 2.87 bits per heavy atom. The van der Waals surface area contributed by atoms with E-state index < -0.39 is 0 Å². The number of halogens is 1. The first-order valence-corrected chi connectivity index (χ1v) is 5.71. The van der Waals surface area contributed by atoms with Crippen LogP contribution in [0.25, 0.3) is 0 Å². The fourth-order valence-electron chi connectivity index (χ4n) is 1.39. The minimum absolute atomic E-state index is 0.184. The highest BCUT2D eigenvalue weighted by molar-refractivity contribution is 7.08. The quantitative estimate of drug-likeness (QED) is 0.831. The highest BCUT2D eigenvalue weighted by atomic mass is 32.1. The van der Waals surface area contributed by atoms with Gasteiger partial charge >= 0.3 is 0 Å². The average Bonchev–Trinajstić information content (AvgIpc) is 2.61. The molecule has 3 heteroatoms. The Balaban J connectivity index is 2.02. The normalized spacial score (nSPS) is 10.3. The fraction of sp³-hybridized carbons (Fsp3) is 0.167. The first kappa shape index (κ1) is 10.2. The van der Waals surface area contributed by atoms with Crippen LogP contribution in [0.15, 0.2) is 35.0 Å². The molecule has 0 saturated heterocycles. The van der Waals surface area contributed by atoms with E-state index in [1.165, 1.54) is 11.6 Å². The maximum absolute atomic E-state index is 12.9. The third kappa shape index (κ3) is 2.57. The van der Waals surface area contributed by atoms with Crippen LogP contribution in [-0.2, 0) is 6.54 Å². The van der Waals surface area contributed by atoms with Gasteiger partial charge in [0.2, 0.25) is 0 Å². The van der Waals surface area contributed by atoms with Crippen molar-refractivity contribution in [1.82, 2.24) is 0 Å². The summed E-state index contributed by atoms with van der Waals surface area (Å²) in [6.07, 6.45) is 0. The molecule has 0 radical (unpaired) electrons. The SMILES string of the molecule is Cc1cscc1NCc1cccc(F)c1. The highest BCUT2D eigenvalue weighted by Gasteiger charge is 1.99. The molecule has 78 valence electrons. The molecule has 1 nitrogen and oxygen atoms in total. The summed E-state index contributed by atoms with van der Waals surface area (Å²) in [7, 11) is 0. The minimum atomic E-state index is -0.184. The van der Waals surface area contributed by atoms with E-state index in [0.717, 1.165) is 11.3 Å². The molecule has 0 atom stereocenters. The van der Waals surface area contributed by atoms with Gasteiger partial charge in [0.15, 0.2) is 0 Å². The molecule has 0 aliphatic rings. The van der Waals surface area contributed by atoms with Crippen molar-refractivity contribution in [3.05, 3.63) is 52.0 Å². The molecule has 0 spiro atoms. The van der Waals surface area contributed by atoms with Gasteiger partial charge in [0.05, 0.1) is 0 Å². The molecule has 0 fully saturated rings. The lowest BCUT2D eigenvalue weighted by atomic mass is 10.2. The van der Waals surface area contributed by atoms with E-state index in [1.807, 2.05) is 6.07 Å². The predicted molar refractivity (Wildman–Crippen MR) is 62.8 cm³/mol. The summed E-state index contributed by atoms with van der Waals surface area (Å²) in [5.74, 6) is -0.184. The van der Waals surface area contributed by atoms with E-state index in [1.54, 1.807) is 23.5 Å². The second-order valence-electron chi connectivity index (χ2n) is 3.45. The van der Waals surface area contributed by atoms with E-state index in [2.05, 4.69) is 23.0 Å². The number of hydrogen-bond acceptors (Lipinski definition) is 2. The summed E-state index contributed by atoms with van der Waals surface area (Å²) < 4.78 is 12.9. The first-order valence-electron chi connectivity index (χ1n) is 4.77. The Morgan fingerprint density at radius 2 is 2.20 bits per heavy atom. The molecule has 0 saturated carbocycles. The van der Waals surface area contributed by atoms with Crippen LogP contribution in [0.3, 0.4) is 0 Å². The predicted octanol–water partition coefficient (Wildman–Crippen LogP) is 3.81. The molecule has 2 aromatic rings. The molecule has 1 N–H and O–H groups in total. The van der Waals surface area contributed by atoms with Gasteiger partial charge in [0.1, 0.15) is 5.82 Å². The van der Waals surface area contributed by atoms with E-state index in [0.29, 0.717) is 6.54 Å². The number of thiophene rings is 1. The number of benzene rings is 1. The maximum Gasteiger partial charge on any atom is 0.123 e. The lowest BCUT2D eigenvalue weighted by molar-refractivity contribution is 0.626. The summed E-state index contributed by atoms with van der Waals surface area (Å²) in [6.45, 7) is 2.72. The highest BCUT2D eigenvalue weighted by Crippen LogP contribution is 2.20. The summed E-state index contributed by atoms with van der Waals surface area (Å²) in [4.78, 5) is 0. The van der Waals surface area contributed by atoms with Crippen molar-refractivity contribution in [2.45, 2.75) is 13.5 Å². The number of aryl methyl sites for hydroxylation is 1. The third-order valence-corrected chi connectivity index (χ3v) is 3.09. The summed E-state index contributed by atoms with van der Waals surface area (Å²) in [5.41, 5.74) is 3.32. The summed E-state index contributed by atoms with van der Waals surface area (Å²) in [5, 5.41) is 7.44. The van der Waals surface area contributed by atoms with Crippen molar-refractivity contribution < 1.29 is 4.39 Å². The zero-order valence-electron chi connectivity index (χ0n) is 8.46. The molecule has 0 aliphatic carbocycles. The van der Waals surface area contributed by atoms with Gasteiger partial charge in [-0.25, -0.2) is 4.39 Å². The van der Waals surface area contributed by atoms with Crippen LogP contribution in [0.5, 0.6) is 0 Å². The molecule has 0 unspecified atom stereocenters. The van der Waals surface area contributed by atoms with Crippen LogP contribution in [0, 0.1) is 12.7 Å². The second kappa shape index (κ2) is 4.45. The van der Waals surface area contributed by atoms with Crippen molar-refractivity contribution in [1.29, 1.82) is 0 Å². The lowest BCUT2D eigenvalue weighted by Gasteiger charge is -2.05. The third-order valence-electron chi connectivity index (χ3n) is 2.23. The van der Waals surface area contributed by atoms with Crippen molar-refractivity contribution in [3.63, 3.8) is 0 Å². The zero-order chi connectivity index (χ0) is 10.7. The van der Waals surface area contributed by atoms with E-state index in [9.17, 15) is 4.39 Å². The molecule has 0 aliphatic heterocycles. The fourth-order valence-corrected chi connectivity index (χ4v) is 2.19. The number of hydrogen-bond donors (Lipinski definition) is 1. The minimum Gasteiger partial charge on any atom is -0.380 e. The number of rotatable bonds is 3. The summed E-state index contributed by atoms with van der Waals surface area (Å²) >= 11 is 1.67. The molecular formula is C12H12FNS. The van der Waals surface area contributed by atoms with Crippen LogP contribution in [0.2, 0.25) is 0 Å². The molecule has 2 rings (SSSR count). The Morgan fingerprint density at radius 1 is 1.33 bits per heavy atom. The number of anilines is 1. The molecule has 1 heterocycles.